The summed E-state index contributed by atoms with van der Waals surface area (Å²) in [4.78, 5) is 39.0. The molecule has 1 aromatic carbocycles. The van der Waals surface area contributed by atoms with Crippen molar-refractivity contribution in [1.82, 2.24) is 9.80 Å². The fourth-order valence-corrected chi connectivity index (χ4v) is 3.73. The summed E-state index contributed by atoms with van der Waals surface area (Å²) in [6, 6.07) is 4.71. The van der Waals surface area contributed by atoms with Crippen LogP contribution in [0.4, 0.5) is 4.39 Å². The van der Waals surface area contributed by atoms with Crippen LogP contribution in [-0.4, -0.2) is 52.3 Å². The van der Waals surface area contributed by atoms with Gasteiger partial charge >= 0.3 is 5.97 Å². The zero-order valence-corrected chi connectivity index (χ0v) is 15.1. The van der Waals surface area contributed by atoms with Crippen molar-refractivity contribution in [3.63, 3.8) is 0 Å². The average molecular weight is 374 g/mol. The summed E-state index contributed by atoms with van der Waals surface area (Å²) in [7, 11) is 0. The largest absolute Gasteiger partial charge is 0.480 e. The van der Waals surface area contributed by atoms with Crippen LogP contribution in [0.25, 0.3) is 0 Å². The number of carbonyl (C=O) groups excluding carboxylic acids is 2. The number of carboxylic acids is 1. The molecule has 0 spiro atoms. The average Bonchev–Trinajstić information content (AvgIpc) is 2.64. The molecule has 1 unspecified atom stereocenters. The minimum atomic E-state index is -1.20. The van der Waals surface area contributed by atoms with E-state index >= 15 is 0 Å². The highest BCUT2D eigenvalue weighted by molar-refractivity contribution is 5.97. The topological polar surface area (TPSA) is 77.9 Å². The second kappa shape index (κ2) is 8.33. The molecule has 1 saturated heterocycles. The summed E-state index contributed by atoms with van der Waals surface area (Å²) in [6.45, 7) is -0.556. The number of aliphatic carboxylic acids is 1. The summed E-state index contributed by atoms with van der Waals surface area (Å²) in [5.41, 5.74) is 1.35. The number of amides is 2. The number of halogens is 1. The third-order valence-electron chi connectivity index (χ3n) is 5.09. The quantitative estimate of drug-likeness (QED) is 0.776. The molecule has 1 N–H and O–H groups in total. The summed E-state index contributed by atoms with van der Waals surface area (Å²) in [5, 5.41) is 9.02. The lowest BCUT2D eigenvalue weighted by Gasteiger charge is -2.40. The van der Waals surface area contributed by atoms with Crippen LogP contribution in [-0.2, 0) is 14.4 Å². The second-order valence-corrected chi connectivity index (χ2v) is 6.96. The van der Waals surface area contributed by atoms with Gasteiger partial charge in [0.25, 0.3) is 5.91 Å². The Kier molecular flexibility index (Phi) is 5.88. The molecule has 2 aliphatic rings. The van der Waals surface area contributed by atoms with E-state index in [2.05, 4.69) is 6.08 Å². The van der Waals surface area contributed by atoms with Crippen molar-refractivity contribution in [2.45, 2.75) is 38.1 Å². The number of hydrogen-bond acceptors (Lipinski definition) is 3. The maximum atomic E-state index is 14.4. The number of hydrogen-bond donors (Lipinski definition) is 1. The Labute approximate surface area is 157 Å². The van der Waals surface area contributed by atoms with Crippen LogP contribution in [0, 0.1) is 5.82 Å². The lowest BCUT2D eigenvalue weighted by Crippen LogP contribution is -2.56. The van der Waals surface area contributed by atoms with Crippen LogP contribution >= 0.6 is 0 Å². The van der Waals surface area contributed by atoms with Crippen LogP contribution in [0.2, 0.25) is 0 Å². The van der Waals surface area contributed by atoms with Gasteiger partial charge < -0.3 is 14.9 Å². The molecule has 2 amide bonds. The highest BCUT2D eigenvalue weighted by atomic mass is 19.1. The first-order valence-corrected chi connectivity index (χ1v) is 9.19. The Balaban J connectivity index is 1.87. The molecule has 6 nitrogen and oxygen atoms in total. The fourth-order valence-electron chi connectivity index (χ4n) is 3.73. The Hall–Kier alpha value is -2.70. The molecule has 1 aromatic rings. The van der Waals surface area contributed by atoms with Crippen molar-refractivity contribution in [3.05, 3.63) is 47.3 Å². The maximum Gasteiger partial charge on any atom is 0.323 e. The Bertz CT molecular complexity index is 777. The number of carbonyl (C=O) groups is 3. The van der Waals surface area contributed by atoms with Gasteiger partial charge in [0, 0.05) is 12.1 Å². The van der Waals surface area contributed by atoms with Crippen LogP contribution in [0.15, 0.2) is 35.9 Å². The molecule has 3 rings (SSSR count). The number of allylic oxidation sites excluding steroid dienone is 1. The lowest BCUT2D eigenvalue weighted by atomic mass is 9.95. The fraction of sp³-hybridized carbons (Fsp3) is 0.450. The summed E-state index contributed by atoms with van der Waals surface area (Å²) < 4.78 is 14.4. The highest BCUT2D eigenvalue weighted by Gasteiger charge is 2.41. The molecular formula is C20H23FN2O4. The lowest BCUT2D eigenvalue weighted by molar-refractivity contribution is -0.159. The summed E-state index contributed by atoms with van der Waals surface area (Å²) >= 11 is 0. The van der Waals surface area contributed by atoms with E-state index in [-0.39, 0.29) is 18.0 Å². The SMILES string of the molecule is O=C(O)CN1CC(=O)N(CCC2=CCCCC2)C(c2ccccc2F)C1=O. The van der Waals surface area contributed by atoms with Crippen LogP contribution < -0.4 is 0 Å². The molecule has 1 fully saturated rings. The molecule has 1 aliphatic carbocycles. The van der Waals surface area contributed by atoms with E-state index in [9.17, 15) is 18.8 Å². The molecule has 1 atom stereocenters. The monoisotopic (exact) mass is 374 g/mol. The minimum absolute atomic E-state index is 0.101. The Morgan fingerprint density at radius 2 is 2.00 bits per heavy atom. The first-order chi connectivity index (χ1) is 13.0. The van der Waals surface area contributed by atoms with Gasteiger partial charge in [-0.2, -0.15) is 0 Å². The molecule has 1 heterocycles. The van der Waals surface area contributed by atoms with Gasteiger partial charge in [0.1, 0.15) is 24.9 Å². The van der Waals surface area contributed by atoms with Crippen LogP contribution in [0.5, 0.6) is 0 Å². The Morgan fingerprint density at radius 1 is 1.22 bits per heavy atom. The van der Waals surface area contributed by atoms with Crippen molar-refractivity contribution in [1.29, 1.82) is 0 Å². The van der Waals surface area contributed by atoms with Crippen molar-refractivity contribution in [3.8, 4) is 0 Å². The van der Waals surface area contributed by atoms with Crippen LogP contribution in [0.1, 0.15) is 43.7 Å². The number of rotatable bonds is 6. The van der Waals surface area contributed by atoms with Gasteiger partial charge in [-0.05, 0) is 38.2 Å². The van der Waals surface area contributed by atoms with Gasteiger partial charge in [-0.15, -0.1) is 0 Å². The molecule has 0 bridgehead atoms. The number of nitrogens with zero attached hydrogens (tertiary/aromatic N) is 2. The molecule has 7 heteroatoms. The van der Waals surface area contributed by atoms with Gasteiger partial charge in [-0.1, -0.05) is 29.8 Å². The van der Waals surface area contributed by atoms with Crippen molar-refractivity contribution >= 4 is 17.8 Å². The number of benzene rings is 1. The highest BCUT2D eigenvalue weighted by Crippen LogP contribution is 2.30. The van der Waals surface area contributed by atoms with E-state index < -0.39 is 30.3 Å². The first-order valence-electron chi connectivity index (χ1n) is 9.19. The van der Waals surface area contributed by atoms with Gasteiger partial charge in [-0.25, -0.2) is 4.39 Å². The van der Waals surface area contributed by atoms with Crippen LogP contribution in [0.3, 0.4) is 0 Å². The smallest absolute Gasteiger partial charge is 0.323 e. The molecule has 144 valence electrons. The predicted octanol–water partition coefficient (Wildman–Crippen LogP) is 2.51. The molecule has 0 radical (unpaired) electrons. The van der Waals surface area contributed by atoms with Crippen molar-refractivity contribution in [2.24, 2.45) is 0 Å². The van der Waals surface area contributed by atoms with E-state index in [1.807, 2.05) is 0 Å². The molecule has 0 saturated carbocycles. The number of carboxylic acid groups (broad SMARTS) is 1. The van der Waals surface area contributed by atoms with Gasteiger partial charge in [-0.3, -0.25) is 14.4 Å². The summed E-state index contributed by atoms with van der Waals surface area (Å²) in [5.74, 6) is -2.70. The van der Waals surface area contributed by atoms with Gasteiger partial charge in [0.05, 0.1) is 0 Å². The minimum Gasteiger partial charge on any atom is -0.480 e. The summed E-state index contributed by atoms with van der Waals surface area (Å²) in [6.07, 6.45) is 7.09. The maximum absolute atomic E-state index is 14.4. The van der Waals surface area contributed by atoms with Crippen molar-refractivity contribution < 1.29 is 23.9 Å². The zero-order valence-electron chi connectivity index (χ0n) is 15.1. The van der Waals surface area contributed by atoms with Crippen molar-refractivity contribution in [2.75, 3.05) is 19.6 Å². The van der Waals surface area contributed by atoms with E-state index in [0.717, 1.165) is 30.6 Å². The van der Waals surface area contributed by atoms with E-state index in [0.29, 0.717) is 13.0 Å². The normalized spacial score (nSPS) is 20.6. The van der Waals surface area contributed by atoms with E-state index in [1.165, 1.54) is 28.7 Å². The zero-order chi connectivity index (χ0) is 19.4. The predicted molar refractivity (Wildman–Crippen MR) is 96.2 cm³/mol. The van der Waals surface area contributed by atoms with Gasteiger partial charge in [0.15, 0.2) is 0 Å². The molecule has 27 heavy (non-hydrogen) atoms. The molecule has 0 aromatic heterocycles. The number of piperazine rings is 1. The Morgan fingerprint density at radius 3 is 2.67 bits per heavy atom. The second-order valence-electron chi connectivity index (χ2n) is 6.96. The first kappa shape index (κ1) is 19.1. The van der Waals surface area contributed by atoms with E-state index in [4.69, 9.17) is 5.11 Å². The van der Waals surface area contributed by atoms with E-state index in [1.54, 1.807) is 6.07 Å². The third kappa shape index (κ3) is 4.35. The third-order valence-corrected chi connectivity index (χ3v) is 5.09. The van der Waals surface area contributed by atoms with Gasteiger partial charge in [0.2, 0.25) is 5.91 Å². The molecule has 1 aliphatic heterocycles. The molecular weight excluding hydrogens is 351 g/mol. The standard InChI is InChI=1S/C20H23FN2O4/c21-16-9-5-4-8-15(16)19-20(27)22(13-18(25)26)12-17(24)23(19)11-10-14-6-2-1-3-7-14/h4-6,8-9,19H,1-3,7,10-13H2,(H,25,26).